The number of carbonyl (C=O) groups excluding carboxylic acids is 1. The number of alkyl halides is 3. The lowest BCUT2D eigenvalue weighted by Gasteiger charge is -2.23. The van der Waals surface area contributed by atoms with Crippen molar-refractivity contribution in [1.29, 1.82) is 0 Å². The number of nitro groups is 1. The largest absolute Gasteiger partial charge is 0.406 e. The molecule has 0 aliphatic carbocycles. The van der Waals surface area contributed by atoms with Crippen LogP contribution in [0.4, 0.5) is 18.9 Å². The van der Waals surface area contributed by atoms with E-state index in [-0.39, 0.29) is 22.7 Å². The van der Waals surface area contributed by atoms with Gasteiger partial charge in [-0.1, -0.05) is 23.4 Å². The fourth-order valence-corrected chi connectivity index (χ4v) is 2.63. The van der Waals surface area contributed by atoms with Crippen molar-refractivity contribution in [2.45, 2.75) is 12.7 Å². The Morgan fingerprint density at radius 3 is 2.62 bits per heavy atom. The second-order valence-corrected chi connectivity index (χ2v) is 5.98. The Kier molecular flexibility index (Phi) is 5.57. The van der Waals surface area contributed by atoms with E-state index in [1.807, 2.05) is 0 Å². The molecule has 0 bridgehead atoms. The van der Waals surface area contributed by atoms with Gasteiger partial charge < -0.3 is 9.42 Å². The van der Waals surface area contributed by atoms with E-state index in [4.69, 9.17) is 4.52 Å². The minimum atomic E-state index is -4.71. The predicted molar refractivity (Wildman–Crippen MR) is 93.6 cm³/mol. The number of halogens is 3. The summed E-state index contributed by atoms with van der Waals surface area (Å²) >= 11 is 0. The molecule has 0 aliphatic heterocycles. The van der Waals surface area contributed by atoms with Gasteiger partial charge in [0.25, 0.3) is 11.6 Å². The summed E-state index contributed by atoms with van der Waals surface area (Å²) in [5.41, 5.74) is -0.290. The smallest absolute Gasteiger partial charge is 0.355 e. The van der Waals surface area contributed by atoms with Crippen molar-refractivity contribution >= 4 is 11.6 Å². The molecule has 11 heteroatoms. The normalized spacial score (nSPS) is 11.3. The first-order valence-electron chi connectivity index (χ1n) is 8.20. The summed E-state index contributed by atoms with van der Waals surface area (Å²) in [5.74, 6) is -0.918. The van der Waals surface area contributed by atoms with Crippen molar-refractivity contribution in [2.75, 3.05) is 6.54 Å². The zero-order valence-electron chi connectivity index (χ0n) is 14.7. The number of nitrogens with zero attached hydrogens (tertiary/aromatic N) is 4. The number of carbonyl (C=O) groups is 1. The maximum Gasteiger partial charge on any atom is 0.406 e. The minimum absolute atomic E-state index is 0.0360. The van der Waals surface area contributed by atoms with E-state index >= 15 is 0 Å². The molecule has 2 heterocycles. The number of aromatic nitrogens is 2. The third-order valence-corrected chi connectivity index (χ3v) is 3.88. The van der Waals surface area contributed by atoms with Gasteiger partial charge in [0.1, 0.15) is 6.54 Å². The highest BCUT2D eigenvalue weighted by molar-refractivity contribution is 5.93. The molecule has 0 radical (unpaired) electrons. The van der Waals surface area contributed by atoms with Crippen LogP contribution in [0, 0.1) is 10.1 Å². The fourth-order valence-electron chi connectivity index (χ4n) is 2.63. The molecule has 0 unspecified atom stereocenters. The van der Waals surface area contributed by atoms with Gasteiger partial charge in [0.2, 0.25) is 0 Å². The summed E-state index contributed by atoms with van der Waals surface area (Å²) in [7, 11) is 0. The molecule has 150 valence electrons. The zero-order chi connectivity index (χ0) is 21.0. The van der Waals surface area contributed by atoms with E-state index in [1.165, 1.54) is 36.7 Å². The van der Waals surface area contributed by atoms with Crippen LogP contribution in [-0.4, -0.2) is 38.6 Å². The topological polar surface area (TPSA) is 102 Å². The molecule has 0 atom stereocenters. The number of pyridine rings is 1. The van der Waals surface area contributed by atoms with Crippen LogP contribution in [-0.2, 0) is 6.54 Å². The monoisotopic (exact) mass is 406 g/mol. The zero-order valence-corrected chi connectivity index (χ0v) is 14.7. The molecule has 8 nitrogen and oxygen atoms in total. The van der Waals surface area contributed by atoms with Crippen LogP contribution < -0.4 is 0 Å². The lowest BCUT2D eigenvalue weighted by molar-refractivity contribution is -0.385. The van der Waals surface area contributed by atoms with Crippen molar-refractivity contribution < 1.29 is 27.4 Å². The Balaban J connectivity index is 1.90. The van der Waals surface area contributed by atoms with Gasteiger partial charge in [-0.05, 0) is 12.1 Å². The Labute approximate surface area is 161 Å². The first kappa shape index (κ1) is 20.0. The summed E-state index contributed by atoms with van der Waals surface area (Å²) in [6, 6.07) is 9.71. The van der Waals surface area contributed by atoms with Gasteiger partial charge in [0, 0.05) is 35.7 Å². The van der Waals surface area contributed by atoms with E-state index in [1.54, 1.807) is 12.1 Å². The maximum atomic E-state index is 13.0. The van der Waals surface area contributed by atoms with E-state index in [9.17, 15) is 28.1 Å². The lowest BCUT2D eigenvalue weighted by atomic mass is 10.1. The highest BCUT2D eigenvalue weighted by Crippen LogP contribution is 2.25. The van der Waals surface area contributed by atoms with Crippen LogP contribution in [0.25, 0.3) is 11.3 Å². The molecular formula is C18H13F3N4O4. The Morgan fingerprint density at radius 2 is 1.97 bits per heavy atom. The van der Waals surface area contributed by atoms with Crippen molar-refractivity contribution in [1.82, 2.24) is 15.0 Å². The molecule has 0 N–H and O–H groups in total. The van der Waals surface area contributed by atoms with Gasteiger partial charge in [-0.25, -0.2) is 0 Å². The molecule has 1 amide bonds. The van der Waals surface area contributed by atoms with Gasteiger partial charge in [-0.2, -0.15) is 13.2 Å². The molecule has 29 heavy (non-hydrogen) atoms. The van der Waals surface area contributed by atoms with Crippen molar-refractivity contribution in [3.63, 3.8) is 0 Å². The third-order valence-electron chi connectivity index (χ3n) is 3.88. The fraction of sp³-hybridized carbons (Fsp3) is 0.167. The number of nitro benzene ring substituents is 1. The average Bonchev–Trinajstić information content (AvgIpc) is 3.17. The first-order valence-corrected chi connectivity index (χ1v) is 8.20. The third kappa shape index (κ3) is 4.94. The van der Waals surface area contributed by atoms with Gasteiger partial charge >= 0.3 is 6.18 Å². The Hall–Kier alpha value is -3.76. The van der Waals surface area contributed by atoms with Crippen molar-refractivity contribution in [3.05, 3.63) is 76.2 Å². The molecule has 3 aromatic rings. The summed E-state index contributed by atoms with van der Waals surface area (Å²) in [6.45, 7) is -2.22. The molecule has 0 saturated heterocycles. The van der Waals surface area contributed by atoms with Crippen LogP contribution in [0.2, 0.25) is 0 Å². The predicted octanol–water partition coefficient (Wildman–Crippen LogP) is 3.85. The quantitative estimate of drug-likeness (QED) is 0.455. The van der Waals surface area contributed by atoms with Crippen LogP contribution >= 0.6 is 0 Å². The summed E-state index contributed by atoms with van der Waals surface area (Å²) < 4.78 is 44.1. The number of para-hydroxylation sites is 1. The van der Waals surface area contributed by atoms with E-state index in [0.717, 1.165) is 6.07 Å². The van der Waals surface area contributed by atoms with Crippen LogP contribution in [0.5, 0.6) is 0 Å². The first-order chi connectivity index (χ1) is 13.7. The Morgan fingerprint density at radius 1 is 1.21 bits per heavy atom. The Bertz CT molecular complexity index is 1020. The number of hydrogen-bond acceptors (Lipinski definition) is 6. The summed E-state index contributed by atoms with van der Waals surface area (Å²) in [6.07, 6.45) is -1.76. The van der Waals surface area contributed by atoms with Crippen molar-refractivity contribution in [3.8, 4) is 11.3 Å². The second-order valence-electron chi connectivity index (χ2n) is 5.98. The van der Waals surface area contributed by atoms with E-state index < -0.39 is 30.1 Å². The van der Waals surface area contributed by atoms with Crippen LogP contribution in [0.3, 0.4) is 0 Å². The summed E-state index contributed by atoms with van der Waals surface area (Å²) in [4.78, 5) is 27.4. The number of rotatable bonds is 6. The van der Waals surface area contributed by atoms with Gasteiger partial charge in [0.05, 0.1) is 11.5 Å². The maximum absolute atomic E-state index is 13.0. The summed E-state index contributed by atoms with van der Waals surface area (Å²) in [5, 5.41) is 14.7. The van der Waals surface area contributed by atoms with Gasteiger partial charge in [0.15, 0.2) is 11.5 Å². The highest BCUT2D eigenvalue weighted by atomic mass is 19.4. The minimum Gasteiger partial charge on any atom is -0.355 e. The molecule has 0 aliphatic rings. The average molecular weight is 406 g/mol. The lowest BCUT2D eigenvalue weighted by Crippen LogP contribution is -2.38. The standard InChI is InChI=1S/C18H13F3N4O4/c19-18(20,21)11-24(10-13-4-1-2-6-15(13)25(27)28)17(26)14-8-16(29-23-14)12-5-3-7-22-9-12/h1-9H,10-11H2. The second kappa shape index (κ2) is 8.09. The van der Waals surface area contributed by atoms with Crippen LogP contribution in [0.1, 0.15) is 16.1 Å². The number of amides is 1. The van der Waals surface area contributed by atoms with Crippen molar-refractivity contribution in [2.24, 2.45) is 0 Å². The number of benzene rings is 1. The van der Waals surface area contributed by atoms with Crippen LogP contribution in [0.15, 0.2) is 59.4 Å². The highest BCUT2D eigenvalue weighted by Gasteiger charge is 2.35. The molecule has 1 aromatic carbocycles. The van der Waals surface area contributed by atoms with E-state index in [2.05, 4.69) is 10.1 Å². The molecule has 0 spiro atoms. The SMILES string of the molecule is O=C(c1cc(-c2cccnc2)on1)N(Cc1ccccc1[N+](=O)[O-])CC(F)(F)F. The molecular weight excluding hydrogens is 393 g/mol. The molecule has 2 aromatic heterocycles. The number of hydrogen-bond donors (Lipinski definition) is 0. The van der Waals surface area contributed by atoms with E-state index in [0.29, 0.717) is 10.5 Å². The molecule has 0 saturated carbocycles. The molecule has 3 rings (SSSR count). The molecule has 0 fully saturated rings. The van der Waals surface area contributed by atoms with Gasteiger partial charge in [-0.3, -0.25) is 19.9 Å². The van der Waals surface area contributed by atoms with Gasteiger partial charge in [-0.15, -0.1) is 0 Å².